The second-order valence-corrected chi connectivity index (χ2v) is 5.70. The number of nitrogens with zero attached hydrogens (tertiary/aromatic N) is 2. The monoisotopic (exact) mass is 357 g/mol. The van der Waals surface area contributed by atoms with Crippen LogP contribution in [-0.2, 0) is 0 Å². The summed E-state index contributed by atoms with van der Waals surface area (Å²) in [7, 11) is 0. The number of piperazine rings is 1. The van der Waals surface area contributed by atoms with Crippen LogP contribution in [0.5, 0.6) is 0 Å². The summed E-state index contributed by atoms with van der Waals surface area (Å²) in [6.07, 6.45) is 3.11. The largest absolute Gasteiger partial charge is 0.314 e. The van der Waals surface area contributed by atoms with Crippen LogP contribution in [-0.4, -0.2) is 41.6 Å². The van der Waals surface area contributed by atoms with Crippen molar-refractivity contribution >= 4 is 41.6 Å². The molecule has 3 rings (SSSR count). The van der Waals surface area contributed by atoms with E-state index in [0.29, 0.717) is 6.04 Å². The van der Waals surface area contributed by atoms with E-state index in [1.54, 1.807) is 11.5 Å². The maximum Gasteiger partial charge on any atom is 0.227 e. The highest BCUT2D eigenvalue weighted by molar-refractivity contribution is 5.93. The van der Waals surface area contributed by atoms with Crippen LogP contribution in [0.15, 0.2) is 30.5 Å². The van der Waals surface area contributed by atoms with Crippen molar-refractivity contribution in [1.82, 2.24) is 14.8 Å². The van der Waals surface area contributed by atoms with Crippen LogP contribution in [0.4, 0.5) is 0 Å². The zero-order valence-corrected chi connectivity index (χ0v) is 15.3. The van der Waals surface area contributed by atoms with Crippen LogP contribution < -0.4 is 5.32 Å². The maximum atomic E-state index is 11.9. The quantitative estimate of drug-likeness (QED) is 0.913. The van der Waals surface area contributed by atoms with Gasteiger partial charge in [-0.15, -0.1) is 24.8 Å². The Bertz CT molecular complexity index is 650. The molecule has 0 unspecified atom stereocenters. The number of fused-ring (bicyclic) bond motifs is 1. The lowest BCUT2D eigenvalue weighted by molar-refractivity contribution is 0.0941. The molecule has 1 N–H and O–H groups in total. The van der Waals surface area contributed by atoms with Gasteiger partial charge in [-0.05, 0) is 18.1 Å². The molecule has 0 spiro atoms. The summed E-state index contributed by atoms with van der Waals surface area (Å²) in [6, 6.07) is 8.61. The highest BCUT2D eigenvalue weighted by Crippen LogP contribution is 2.32. The topological polar surface area (TPSA) is 37.3 Å². The fraction of sp³-hybridized carbons (Fsp3) is 0.471. The molecule has 1 aliphatic heterocycles. The molecule has 1 aromatic carbocycles. The van der Waals surface area contributed by atoms with Gasteiger partial charge >= 0.3 is 0 Å². The van der Waals surface area contributed by atoms with Gasteiger partial charge in [-0.1, -0.05) is 25.1 Å². The third-order valence-electron chi connectivity index (χ3n) is 4.42. The highest BCUT2D eigenvalue weighted by atomic mass is 35.5. The van der Waals surface area contributed by atoms with E-state index in [1.807, 2.05) is 18.3 Å². The molecule has 2 heterocycles. The Morgan fingerprint density at radius 3 is 2.48 bits per heavy atom. The molecule has 0 aliphatic carbocycles. The van der Waals surface area contributed by atoms with E-state index in [2.05, 4.69) is 29.3 Å². The first-order valence-electron chi connectivity index (χ1n) is 7.78. The highest BCUT2D eigenvalue weighted by Gasteiger charge is 2.24. The molecular formula is C17H25Cl2N3O. The van der Waals surface area contributed by atoms with E-state index in [0.717, 1.165) is 38.1 Å². The van der Waals surface area contributed by atoms with Crippen LogP contribution in [0, 0.1) is 0 Å². The fourth-order valence-corrected chi connectivity index (χ4v) is 3.40. The average molecular weight is 358 g/mol. The van der Waals surface area contributed by atoms with E-state index in [4.69, 9.17) is 0 Å². The smallest absolute Gasteiger partial charge is 0.227 e. The zero-order chi connectivity index (χ0) is 14.8. The number of carbonyl (C=O) groups is 1. The molecule has 0 bridgehead atoms. The zero-order valence-electron chi connectivity index (χ0n) is 13.6. The number of hydrogen-bond acceptors (Lipinski definition) is 3. The van der Waals surface area contributed by atoms with Gasteiger partial charge in [-0.25, -0.2) is 0 Å². The van der Waals surface area contributed by atoms with Crippen LogP contribution in [0.2, 0.25) is 0 Å². The number of carbonyl (C=O) groups excluding carboxylic acids is 1. The molecule has 128 valence electrons. The number of nitrogens with one attached hydrogen (secondary N) is 1. The Balaban J connectivity index is 0.00000132. The van der Waals surface area contributed by atoms with E-state index < -0.39 is 0 Å². The van der Waals surface area contributed by atoms with Gasteiger partial charge in [0.05, 0.1) is 5.52 Å². The second kappa shape index (κ2) is 8.69. The molecular weight excluding hydrogens is 333 g/mol. The molecule has 1 aromatic heterocycles. The molecule has 23 heavy (non-hydrogen) atoms. The van der Waals surface area contributed by atoms with Crippen molar-refractivity contribution in [3.05, 3.63) is 36.0 Å². The van der Waals surface area contributed by atoms with Crippen molar-refractivity contribution in [2.45, 2.75) is 26.3 Å². The number of aromatic nitrogens is 1. The van der Waals surface area contributed by atoms with Crippen LogP contribution in [0.1, 0.15) is 36.7 Å². The molecule has 4 nitrogen and oxygen atoms in total. The van der Waals surface area contributed by atoms with Crippen LogP contribution in [0.3, 0.4) is 0 Å². The number of para-hydroxylation sites is 1. The SMILES string of the molecule is CC[C@H](c1cn(C(C)=O)c2ccccc12)N1CCNCC1.Cl.Cl. The lowest BCUT2D eigenvalue weighted by Gasteiger charge is -2.34. The van der Waals surface area contributed by atoms with Gasteiger partial charge in [0.25, 0.3) is 0 Å². The van der Waals surface area contributed by atoms with Crippen LogP contribution in [0.25, 0.3) is 10.9 Å². The van der Waals surface area contributed by atoms with Gasteiger partial charge in [0.1, 0.15) is 0 Å². The lowest BCUT2D eigenvalue weighted by Crippen LogP contribution is -2.45. The van der Waals surface area contributed by atoms with E-state index in [1.165, 1.54) is 10.9 Å². The molecule has 0 saturated carbocycles. The van der Waals surface area contributed by atoms with Gasteiger partial charge in [0.15, 0.2) is 0 Å². The number of rotatable bonds is 3. The predicted octanol–water partition coefficient (Wildman–Crippen LogP) is 3.50. The summed E-state index contributed by atoms with van der Waals surface area (Å²) in [6.45, 7) is 8.08. The number of hydrogen-bond donors (Lipinski definition) is 1. The summed E-state index contributed by atoms with van der Waals surface area (Å²) in [5, 5.41) is 4.61. The average Bonchev–Trinajstić information content (AvgIpc) is 2.89. The third kappa shape index (κ3) is 3.89. The molecule has 0 amide bonds. The predicted molar refractivity (Wildman–Crippen MR) is 100 cm³/mol. The minimum atomic E-state index is 0. The molecule has 1 fully saturated rings. The second-order valence-electron chi connectivity index (χ2n) is 5.70. The van der Waals surface area contributed by atoms with Gasteiger partial charge in [0.2, 0.25) is 5.91 Å². The number of halogens is 2. The molecule has 2 aromatic rings. The fourth-order valence-electron chi connectivity index (χ4n) is 3.40. The molecule has 0 radical (unpaired) electrons. The van der Waals surface area contributed by atoms with Crippen molar-refractivity contribution in [2.75, 3.05) is 26.2 Å². The number of benzene rings is 1. The standard InChI is InChI=1S/C17H23N3O.2ClH/c1-3-16(19-10-8-18-9-11-19)15-12-20(13(2)21)17-7-5-4-6-14(15)17;;/h4-7,12,16,18H,3,8-11H2,1-2H3;2*1H/t16-;;/m1../s1. The molecule has 6 heteroatoms. The lowest BCUT2D eigenvalue weighted by atomic mass is 10.0. The minimum absolute atomic E-state index is 0. The first kappa shape index (κ1) is 20.0. The summed E-state index contributed by atoms with van der Waals surface area (Å²) in [5.41, 5.74) is 2.30. The van der Waals surface area contributed by atoms with Crippen molar-refractivity contribution in [3.63, 3.8) is 0 Å². The van der Waals surface area contributed by atoms with Crippen molar-refractivity contribution in [3.8, 4) is 0 Å². The van der Waals surface area contributed by atoms with Crippen LogP contribution >= 0.6 is 24.8 Å². The van der Waals surface area contributed by atoms with Gasteiger partial charge in [-0.3, -0.25) is 14.3 Å². The van der Waals surface area contributed by atoms with Crippen molar-refractivity contribution in [1.29, 1.82) is 0 Å². The van der Waals surface area contributed by atoms with E-state index in [-0.39, 0.29) is 30.7 Å². The molecule has 1 saturated heterocycles. The Kier molecular flexibility index (Phi) is 7.55. The Morgan fingerprint density at radius 2 is 1.87 bits per heavy atom. The van der Waals surface area contributed by atoms with Gasteiger partial charge in [0, 0.05) is 50.7 Å². The van der Waals surface area contributed by atoms with E-state index >= 15 is 0 Å². The Labute approximate surface area is 150 Å². The van der Waals surface area contributed by atoms with Crippen molar-refractivity contribution < 1.29 is 4.79 Å². The summed E-state index contributed by atoms with van der Waals surface area (Å²) < 4.78 is 1.79. The third-order valence-corrected chi connectivity index (χ3v) is 4.42. The van der Waals surface area contributed by atoms with Crippen molar-refractivity contribution in [2.24, 2.45) is 0 Å². The minimum Gasteiger partial charge on any atom is -0.314 e. The van der Waals surface area contributed by atoms with E-state index in [9.17, 15) is 4.79 Å². The summed E-state index contributed by atoms with van der Waals surface area (Å²) in [4.78, 5) is 14.4. The normalized spacial score (nSPS) is 16.4. The summed E-state index contributed by atoms with van der Waals surface area (Å²) >= 11 is 0. The Morgan fingerprint density at radius 1 is 1.22 bits per heavy atom. The van der Waals surface area contributed by atoms with Gasteiger partial charge < -0.3 is 5.32 Å². The van der Waals surface area contributed by atoms with Gasteiger partial charge in [-0.2, -0.15) is 0 Å². The first-order chi connectivity index (χ1) is 10.2. The summed E-state index contributed by atoms with van der Waals surface area (Å²) in [5.74, 6) is 0.0765. The molecule has 1 atom stereocenters. The Hall–Kier alpha value is -1.07. The first-order valence-corrected chi connectivity index (χ1v) is 7.78. The molecule has 1 aliphatic rings. The maximum absolute atomic E-state index is 11.9.